The zero-order valence-corrected chi connectivity index (χ0v) is 13.6. The van der Waals surface area contributed by atoms with Gasteiger partial charge in [0.1, 0.15) is 5.66 Å². The van der Waals surface area contributed by atoms with Crippen molar-refractivity contribution in [3.63, 3.8) is 0 Å². The van der Waals surface area contributed by atoms with Crippen molar-refractivity contribution >= 4 is 5.91 Å². The van der Waals surface area contributed by atoms with Crippen LogP contribution in [0.4, 0.5) is 0 Å². The summed E-state index contributed by atoms with van der Waals surface area (Å²) in [4.78, 5) is 13.8. The number of hydrogen-bond donors (Lipinski definition) is 4. The molecule has 0 saturated carbocycles. The van der Waals surface area contributed by atoms with Crippen molar-refractivity contribution in [1.82, 2.24) is 4.90 Å². The largest absolute Gasteiger partial charge is 0.396 e. The third-order valence-electron chi connectivity index (χ3n) is 3.68. The summed E-state index contributed by atoms with van der Waals surface area (Å²) in [6.45, 7) is 3.81. The number of unbranched alkanes of at least 4 members (excludes halogenated alkanes) is 4. The minimum atomic E-state index is -1.09. The normalized spacial score (nSPS) is 15.5. The molecule has 0 aliphatic heterocycles. The number of hydrogen-bond acceptors (Lipinski definition) is 5. The zero-order valence-electron chi connectivity index (χ0n) is 13.6. The predicted octanol–water partition coefficient (Wildman–Crippen LogP) is 0.552. The van der Waals surface area contributed by atoms with Crippen molar-refractivity contribution in [2.24, 2.45) is 11.5 Å². The summed E-state index contributed by atoms with van der Waals surface area (Å²) in [6, 6.07) is 0. The van der Waals surface area contributed by atoms with E-state index < -0.39 is 11.8 Å². The lowest BCUT2D eigenvalue weighted by Crippen LogP contribution is -2.64. The fourth-order valence-corrected chi connectivity index (χ4v) is 2.35. The molecule has 0 aromatic carbocycles. The van der Waals surface area contributed by atoms with E-state index in [1.165, 1.54) is 11.3 Å². The molecular formula is C15H33N3O3. The molecule has 6 nitrogen and oxygen atoms in total. The molecule has 0 fully saturated rings. The SMILES string of the molecule is CCCCCCCC(=O)N(CC(C)O)C(N)(CN)CCO. The number of nitrogens with zero attached hydrogens (tertiary/aromatic N) is 1. The van der Waals surface area contributed by atoms with Crippen molar-refractivity contribution < 1.29 is 15.0 Å². The van der Waals surface area contributed by atoms with Crippen LogP contribution in [0.2, 0.25) is 0 Å². The molecule has 0 heterocycles. The molecule has 0 saturated heterocycles. The Hall–Kier alpha value is -0.690. The summed E-state index contributed by atoms with van der Waals surface area (Å²) < 4.78 is 0. The van der Waals surface area contributed by atoms with E-state index in [0.717, 1.165) is 25.7 Å². The average molecular weight is 303 g/mol. The molecule has 126 valence electrons. The molecule has 2 unspecified atom stereocenters. The molecule has 21 heavy (non-hydrogen) atoms. The Morgan fingerprint density at radius 3 is 2.38 bits per heavy atom. The monoisotopic (exact) mass is 303 g/mol. The molecular weight excluding hydrogens is 270 g/mol. The average Bonchev–Trinajstić information content (AvgIpc) is 2.44. The van der Waals surface area contributed by atoms with Crippen LogP contribution in [0.25, 0.3) is 0 Å². The van der Waals surface area contributed by atoms with E-state index in [-0.39, 0.29) is 32.0 Å². The van der Waals surface area contributed by atoms with Gasteiger partial charge in [0.15, 0.2) is 0 Å². The van der Waals surface area contributed by atoms with Gasteiger partial charge in [0, 0.05) is 32.5 Å². The van der Waals surface area contributed by atoms with E-state index in [9.17, 15) is 9.90 Å². The van der Waals surface area contributed by atoms with E-state index in [4.69, 9.17) is 16.6 Å². The first-order valence-corrected chi connectivity index (χ1v) is 7.99. The van der Waals surface area contributed by atoms with Crippen LogP contribution in [-0.4, -0.2) is 52.5 Å². The lowest BCUT2D eigenvalue weighted by Gasteiger charge is -2.41. The van der Waals surface area contributed by atoms with Gasteiger partial charge < -0.3 is 26.6 Å². The van der Waals surface area contributed by atoms with Gasteiger partial charge in [0.25, 0.3) is 0 Å². The minimum Gasteiger partial charge on any atom is -0.396 e. The smallest absolute Gasteiger partial charge is 0.224 e. The topological polar surface area (TPSA) is 113 Å². The van der Waals surface area contributed by atoms with Gasteiger partial charge in [-0.3, -0.25) is 4.79 Å². The van der Waals surface area contributed by atoms with Gasteiger partial charge in [-0.05, 0) is 13.3 Å². The Bertz CT molecular complexity index is 287. The quantitative estimate of drug-likeness (QED) is 0.311. The molecule has 6 heteroatoms. The molecule has 6 N–H and O–H groups in total. The van der Waals surface area contributed by atoms with E-state index >= 15 is 0 Å². The van der Waals surface area contributed by atoms with E-state index in [2.05, 4.69) is 6.92 Å². The van der Waals surface area contributed by atoms with Crippen LogP contribution in [0.1, 0.15) is 58.8 Å². The van der Waals surface area contributed by atoms with Crippen LogP contribution >= 0.6 is 0 Å². The molecule has 0 aromatic heterocycles. The van der Waals surface area contributed by atoms with Crippen LogP contribution in [0.15, 0.2) is 0 Å². The number of nitrogens with two attached hydrogens (primary N) is 2. The number of aliphatic hydroxyl groups is 2. The highest BCUT2D eigenvalue weighted by atomic mass is 16.3. The van der Waals surface area contributed by atoms with Crippen molar-refractivity contribution in [2.75, 3.05) is 19.7 Å². The predicted molar refractivity (Wildman–Crippen MR) is 84.4 cm³/mol. The summed E-state index contributed by atoms with van der Waals surface area (Å²) in [5.41, 5.74) is 10.8. The molecule has 0 aliphatic carbocycles. The highest BCUT2D eigenvalue weighted by Crippen LogP contribution is 2.16. The maximum atomic E-state index is 12.4. The number of amides is 1. The second-order valence-corrected chi connectivity index (χ2v) is 5.80. The van der Waals surface area contributed by atoms with Gasteiger partial charge in [-0.1, -0.05) is 32.6 Å². The fraction of sp³-hybridized carbons (Fsp3) is 0.933. The highest BCUT2D eigenvalue weighted by Gasteiger charge is 2.34. The first kappa shape index (κ1) is 20.3. The Kier molecular flexibility index (Phi) is 10.6. The number of carbonyl (C=O) groups excluding carboxylic acids is 1. The van der Waals surface area contributed by atoms with Crippen molar-refractivity contribution in [1.29, 1.82) is 0 Å². The van der Waals surface area contributed by atoms with Gasteiger partial charge in [-0.25, -0.2) is 0 Å². The fourth-order valence-electron chi connectivity index (χ4n) is 2.35. The standard InChI is InChI=1S/C15H33N3O3/c1-3-4-5-6-7-8-14(21)18(11-13(2)20)15(17,12-16)9-10-19/h13,19-20H,3-12,16-17H2,1-2H3. The second-order valence-electron chi connectivity index (χ2n) is 5.80. The van der Waals surface area contributed by atoms with Crippen LogP contribution in [0.5, 0.6) is 0 Å². The molecule has 0 bridgehead atoms. The lowest BCUT2D eigenvalue weighted by molar-refractivity contribution is -0.140. The van der Waals surface area contributed by atoms with Crippen LogP contribution in [0.3, 0.4) is 0 Å². The maximum Gasteiger partial charge on any atom is 0.224 e. The molecule has 1 amide bonds. The number of aliphatic hydroxyl groups excluding tert-OH is 2. The summed E-state index contributed by atoms with van der Waals surface area (Å²) in [7, 11) is 0. The maximum absolute atomic E-state index is 12.4. The number of carbonyl (C=O) groups is 1. The second kappa shape index (κ2) is 11.0. The Morgan fingerprint density at radius 2 is 1.90 bits per heavy atom. The third kappa shape index (κ3) is 7.76. The first-order valence-electron chi connectivity index (χ1n) is 7.99. The van der Waals surface area contributed by atoms with Crippen molar-refractivity contribution in [3.05, 3.63) is 0 Å². The van der Waals surface area contributed by atoms with E-state index in [1.807, 2.05) is 0 Å². The van der Waals surface area contributed by atoms with Gasteiger partial charge in [0.05, 0.1) is 6.10 Å². The summed E-state index contributed by atoms with van der Waals surface area (Å²) in [5, 5.41) is 18.7. The summed E-state index contributed by atoms with van der Waals surface area (Å²) >= 11 is 0. The molecule has 0 rings (SSSR count). The van der Waals surface area contributed by atoms with Crippen molar-refractivity contribution in [2.45, 2.75) is 70.6 Å². The zero-order chi connectivity index (χ0) is 16.3. The molecule has 0 radical (unpaired) electrons. The lowest BCUT2D eigenvalue weighted by atomic mass is 10.0. The van der Waals surface area contributed by atoms with Gasteiger partial charge in [0.2, 0.25) is 5.91 Å². The van der Waals surface area contributed by atoms with E-state index in [0.29, 0.717) is 6.42 Å². The third-order valence-corrected chi connectivity index (χ3v) is 3.68. The minimum absolute atomic E-state index is 0.0574. The van der Waals surface area contributed by atoms with Gasteiger partial charge in [-0.2, -0.15) is 0 Å². The highest BCUT2D eigenvalue weighted by molar-refractivity contribution is 5.77. The first-order chi connectivity index (χ1) is 9.91. The molecule has 2 atom stereocenters. The van der Waals surface area contributed by atoms with Gasteiger partial charge in [-0.15, -0.1) is 0 Å². The van der Waals surface area contributed by atoms with Crippen LogP contribution in [0, 0.1) is 0 Å². The summed E-state index contributed by atoms with van der Waals surface area (Å²) in [5.74, 6) is -0.103. The number of rotatable bonds is 12. The Morgan fingerprint density at radius 1 is 1.29 bits per heavy atom. The molecule has 0 aliphatic rings. The molecule has 0 aromatic rings. The Labute approximate surface area is 128 Å². The Balaban J connectivity index is 4.61. The van der Waals surface area contributed by atoms with Gasteiger partial charge >= 0.3 is 0 Å². The van der Waals surface area contributed by atoms with E-state index in [1.54, 1.807) is 6.92 Å². The molecule has 0 spiro atoms. The summed E-state index contributed by atoms with van der Waals surface area (Å²) in [6.07, 6.45) is 5.23. The van der Waals surface area contributed by atoms with Crippen LogP contribution in [-0.2, 0) is 4.79 Å². The van der Waals surface area contributed by atoms with Crippen molar-refractivity contribution in [3.8, 4) is 0 Å². The van der Waals surface area contributed by atoms with Crippen LogP contribution < -0.4 is 11.5 Å².